The van der Waals surface area contributed by atoms with Gasteiger partial charge in [-0.3, -0.25) is 9.78 Å². The quantitative estimate of drug-likeness (QED) is 0.709. The van der Waals surface area contributed by atoms with Crippen LogP contribution in [-0.4, -0.2) is 22.3 Å². The van der Waals surface area contributed by atoms with Crippen molar-refractivity contribution in [1.82, 2.24) is 9.88 Å². The Labute approximate surface area is 144 Å². The Kier molecular flexibility index (Phi) is 4.06. The molecule has 0 N–H and O–H groups in total. The molecule has 4 nitrogen and oxygen atoms in total. The molecule has 1 aliphatic rings. The Balaban J connectivity index is 1.58. The zero-order valence-corrected chi connectivity index (χ0v) is 13.6. The molecule has 2 aromatic heterocycles. The number of furan rings is 1. The number of carbonyl (C=O) groups is 1. The fourth-order valence-corrected chi connectivity index (χ4v) is 3.31. The van der Waals surface area contributed by atoms with Gasteiger partial charge in [-0.2, -0.15) is 0 Å². The highest BCUT2D eigenvalue weighted by molar-refractivity contribution is 5.92. The molecule has 5 heteroatoms. The number of amides is 1. The third-order valence-electron chi connectivity index (χ3n) is 4.55. The molecule has 1 amide bonds. The van der Waals surface area contributed by atoms with Crippen LogP contribution in [0.1, 0.15) is 35.0 Å². The Bertz CT molecular complexity index is 874. The number of hydrogen-bond donors (Lipinski definition) is 0. The average Bonchev–Trinajstić information content (AvgIpc) is 3.32. The first kappa shape index (κ1) is 15.6. The fourth-order valence-electron chi connectivity index (χ4n) is 3.31. The van der Waals surface area contributed by atoms with E-state index in [1.165, 1.54) is 12.1 Å². The molecule has 1 atom stereocenters. The van der Waals surface area contributed by atoms with Crippen LogP contribution in [0, 0.1) is 5.82 Å². The van der Waals surface area contributed by atoms with Crippen LogP contribution >= 0.6 is 0 Å². The third-order valence-corrected chi connectivity index (χ3v) is 4.55. The molecule has 0 saturated carbocycles. The lowest BCUT2D eigenvalue weighted by molar-refractivity contribution is 0.0704. The lowest BCUT2D eigenvalue weighted by Crippen LogP contribution is -2.30. The van der Waals surface area contributed by atoms with E-state index in [1.807, 2.05) is 17.0 Å². The van der Waals surface area contributed by atoms with E-state index in [9.17, 15) is 9.18 Å². The summed E-state index contributed by atoms with van der Waals surface area (Å²) in [6, 6.07) is 13.4. The topological polar surface area (TPSA) is 46.3 Å². The van der Waals surface area contributed by atoms with Crippen LogP contribution in [0.4, 0.5) is 4.39 Å². The summed E-state index contributed by atoms with van der Waals surface area (Å²) in [5.74, 6) is 0.444. The van der Waals surface area contributed by atoms with Crippen molar-refractivity contribution >= 4 is 5.91 Å². The first-order valence-corrected chi connectivity index (χ1v) is 8.29. The molecule has 3 heterocycles. The van der Waals surface area contributed by atoms with E-state index in [4.69, 9.17) is 4.42 Å². The van der Waals surface area contributed by atoms with Crippen molar-refractivity contribution in [1.29, 1.82) is 0 Å². The van der Waals surface area contributed by atoms with Gasteiger partial charge in [-0.05, 0) is 66.9 Å². The van der Waals surface area contributed by atoms with E-state index in [0.717, 1.165) is 24.0 Å². The number of likely N-dealkylation sites (tertiary alicyclic amines) is 1. The van der Waals surface area contributed by atoms with Gasteiger partial charge in [0.1, 0.15) is 11.6 Å². The third kappa shape index (κ3) is 3.05. The molecule has 0 bridgehead atoms. The van der Waals surface area contributed by atoms with Crippen LogP contribution in [0.2, 0.25) is 0 Å². The van der Waals surface area contributed by atoms with Crippen molar-refractivity contribution in [2.24, 2.45) is 0 Å². The van der Waals surface area contributed by atoms with Crippen LogP contribution in [-0.2, 0) is 0 Å². The van der Waals surface area contributed by atoms with Gasteiger partial charge in [-0.15, -0.1) is 0 Å². The Morgan fingerprint density at radius 3 is 2.60 bits per heavy atom. The number of pyridine rings is 1. The smallest absolute Gasteiger partial charge is 0.290 e. The van der Waals surface area contributed by atoms with Gasteiger partial charge in [0.05, 0.1) is 6.04 Å². The summed E-state index contributed by atoms with van der Waals surface area (Å²) in [5.41, 5.74) is 1.83. The lowest BCUT2D eigenvalue weighted by atomic mass is 10.1. The molecule has 0 radical (unpaired) electrons. The summed E-state index contributed by atoms with van der Waals surface area (Å²) in [5, 5.41) is 0. The van der Waals surface area contributed by atoms with E-state index in [-0.39, 0.29) is 17.8 Å². The summed E-state index contributed by atoms with van der Waals surface area (Å²) < 4.78 is 18.8. The minimum absolute atomic E-state index is 0.0508. The van der Waals surface area contributed by atoms with Gasteiger partial charge in [0.2, 0.25) is 0 Å². The van der Waals surface area contributed by atoms with Gasteiger partial charge in [-0.1, -0.05) is 0 Å². The number of hydrogen-bond acceptors (Lipinski definition) is 3. The number of carbonyl (C=O) groups excluding carboxylic acids is 1. The van der Waals surface area contributed by atoms with Crippen molar-refractivity contribution in [3.05, 3.63) is 78.1 Å². The summed E-state index contributed by atoms with van der Waals surface area (Å²) in [6.07, 6.45) is 5.39. The molecule has 1 unspecified atom stereocenters. The molecule has 1 aliphatic heterocycles. The van der Waals surface area contributed by atoms with Crippen molar-refractivity contribution in [3.8, 4) is 11.3 Å². The summed E-state index contributed by atoms with van der Waals surface area (Å²) >= 11 is 0. The number of nitrogens with zero attached hydrogens (tertiary/aromatic N) is 2. The first-order valence-electron chi connectivity index (χ1n) is 8.29. The maximum absolute atomic E-state index is 13.0. The standard InChI is InChI=1S/C20H17FN2O2/c21-16-5-3-15(4-6-16)18-7-8-19(25-18)20(24)23-13-1-2-17(23)14-9-11-22-12-10-14/h3-12,17H,1-2,13H2. The Morgan fingerprint density at radius 1 is 1.08 bits per heavy atom. The Hall–Kier alpha value is -2.95. The highest BCUT2D eigenvalue weighted by Crippen LogP contribution is 2.33. The summed E-state index contributed by atoms with van der Waals surface area (Å²) in [4.78, 5) is 18.8. The second kappa shape index (κ2) is 6.51. The molecule has 0 aliphatic carbocycles. The molecular formula is C20H17FN2O2. The van der Waals surface area contributed by atoms with E-state index in [2.05, 4.69) is 4.98 Å². The van der Waals surface area contributed by atoms with Crippen molar-refractivity contribution < 1.29 is 13.6 Å². The molecule has 126 valence electrons. The monoisotopic (exact) mass is 336 g/mol. The van der Waals surface area contributed by atoms with E-state index < -0.39 is 0 Å². The SMILES string of the molecule is O=C(c1ccc(-c2ccc(F)cc2)o1)N1CCCC1c1ccncc1. The molecular weight excluding hydrogens is 319 g/mol. The number of benzene rings is 1. The minimum Gasteiger partial charge on any atom is -0.451 e. The predicted octanol–water partition coefficient (Wildman–Crippen LogP) is 4.46. The average molecular weight is 336 g/mol. The van der Waals surface area contributed by atoms with Crippen molar-refractivity contribution in [2.75, 3.05) is 6.54 Å². The van der Waals surface area contributed by atoms with Crippen LogP contribution in [0.5, 0.6) is 0 Å². The predicted molar refractivity (Wildman–Crippen MR) is 91.4 cm³/mol. The largest absolute Gasteiger partial charge is 0.451 e. The number of halogens is 1. The molecule has 4 rings (SSSR count). The van der Waals surface area contributed by atoms with Crippen molar-refractivity contribution in [3.63, 3.8) is 0 Å². The first-order chi connectivity index (χ1) is 12.2. The van der Waals surface area contributed by atoms with Gasteiger partial charge < -0.3 is 9.32 Å². The Morgan fingerprint density at radius 2 is 1.84 bits per heavy atom. The summed E-state index contributed by atoms with van der Waals surface area (Å²) in [6.45, 7) is 0.707. The molecule has 1 fully saturated rings. The number of aromatic nitrogens is 1. The zero-order valence-electron chi connectivity index (χ0n) is 13.6. The van der Waals surface area contributed by atoms with E-state index >= 15 is 0 Å². The second-order valence-corrected chi connectivity index (χ2v) is 6.11. The number of rotatable bonds is 3. The molecule has 1 saturated heterocycles. The van der Waals surface area contributed by atoms with E-state index in [1.54, 1.807) is 36.7 Å². The second-order valence-electron chi connectivity index (χ2n) is 6.11. The molecule has 3 aromatic rings. The zero-order chi connectivity index (χ0) is 17.2. The van der Waals surface area contributed by atoms with Gasteiger partial charge in [0, 0.05) is 24.5 Å². The van der Waals surface area contributed by atoms with Gasteiger partial charge in [-0.25, -0.2) is 4.39 Å². The molecule has 25 heavy (non-hydrogen) atoms. The maximum atomic E-state index is 13.0. The van der Waals surface area contributed by atoms with Gasteiger partial charge in [0.25, 0.3) is 5.91 Å². The minimum atomic E-state index is -0.302. The van der Waals surface area contributed by atoms with Crippen LogP contribution in [0.3, 0.4) is 0 Å². The highest BCUT2D eigenvalue weighted by Gasteiger charge is 2.32. The fraction of sp³-hybridized carbons (Fsp3) is 0.200. The van der Waals surface area contributed by atoms with Gasteiger partial charge >= 0.3 is 0 Å². The lowest BCUT2D eigenvalue weighted by Gasteiger charge is -2.24. The molecule has 0 spiro atoms. The van der Waals surface area contributed by atoms with E-state index in [0.29, 0.717) is 18.1 Å². The van der Waals surface area contributed by atoms with Crippen LogP contribution in [0.15, 0.2) is 65.3 Å². The van der Waals surface area contributed by atoms with Gasteiger partial charge in [0.15, 0.2) is 5.76 Å². The van der Waals surface area contributed by atoms with Crippen LogP contribution < -0.4 is 0 Å². The highest BCUT2D eigenvalue weighted by atomic mass is 19.1. The van der Waals surface area contributed by atoms with Crippen molar-refractivity contribution in [2.45, 2.75) is 18.9 Å². The summed E-state index contributed by atoms with van der Waals surface area (Å²) in [7, 11) is 0. The molecule has 1 aromatic carbocycles. The maximum Gasteiger partial charge on any atom is 0.290 e. The normalized spacial score (nSPS) is 17.0. The van der Waals surface area contributed by atoms with Crippen LogP contribution in [0.25, 0.3) is 11.3 Å².